The van der Waals surface area contributed by atoms with Gasteiger partial charge >= 0.3 is 0 Å². The minimum atomic E-state index is 0.737. The van der Waals surface area contributed by atoms with Crippen molar-refractivity contribution >= 4 is 0 Å². The molecule has 0 unspecified atom stereocenters. The third kappa shape index (κ3) is 4.07. The van der Waals surface area contributed by atoms with Crippen LogP contribution in [0.1, 0.15) is 33.6 Å². The lowest BCUT2D eigenvalue weighted by Gasteiger charge is -2.06. The second-order valence-corrected chi connectivity index (χ2v) is 2.58. The molecule has 0 rings (SSSR count). The summed E-state index contributed by atoms with van der Waals surface area (Å²) in [4.78, 5) is 0. The van der Waals surface area contributed by atoms with Gasteiger partial charge in [-0.1, -0.05) is 26.3 Å². The van der Waals surface area contributed by atoms with Crippen LogP contribution >= 0.6 is 0 Å². The Balaban J connectivity index is 3.47. The van der Waals surface area contributed by atoms with E-state index in [0.29, 0.717) is 0 Å². The summed E-state index contributed by atoms with van der Waals surface area (Å²) in [6, 6.07) is 0. The molecule has 0 bridgehead atoms. The van der Waals surface area contributed by atoms with Crippen LogP contribution < -0.4 is 5.73 Å². The van der Waals surface area contributed by atoms with E-state index in [1.807, 2.05) is 13.0 Å². The predicted molar refractivity (Wildman–Crippen MR) is 42.0 cm³/mol. The van der Waals surface area contributed by atoms with E-state index < -0.39 is 0 Å². The van der Waals surface area contributed by atoms with Gasteiger partial charge in [0.15, 0.2) is 0 Å². The van der Waals surface area contributed by atoms with Crippen LogP contribution in [-0.2, 0) is 0 Å². The second-order valence-electron chi connectivity index (χ2n) is 2.58. The van der Waals surface area contributed by atoms with Gasteiger partial charge in [0, 0.05) is 5.70 Å². The number of allylic oxidation sites excluding steroid dienone is 2. The fourth-order valence-electron chi connectivity index (χ4n) is 0.665. The lowest BCUT2D eigenvalue weighted by atomic mass is 10.0. The number of nitrogens with two attached hydrogens (primary N) is 1. The van der Waals surface area contributed by atoms with Gasteiger partial charge in [-0.15, -0.1) is 0 Å². The van der Waals surface area contributed by atoms with Gasteiger partial charge in [0.25, 0.3) is 0 Å². The molecule has 0 saturated heterocycles. The molecule has 0 aliphatic carbocycles. The normalized spacial score (nSPS) is 15.7. The monoisotopic (exact) mass is 127 g/mol. The zero-order valence-electron chi connectivity index (χ0n) is 6.65. The molecule has 2 N–H and O–H groups in total. The summed E-state index contributed by atoms with van der Waals surface area (Å²) >= 11 is 0. The Kier molecular flexibility index (Phi) is 4.20. The number of hydrogen-bond donors (Lipinski definition) is 1. The number of hydrogen-bond acceptors (Lipinski definition) is 1. The molecule has 0 aromatic rings. The SMILES string of the molecule is CC=C(N)C[C@H](C)CC. The van der Waals surface area contributed by atoms with Crippen LogP contribution in [-0.4, -0.2) is 0 Å². The van der Waals surface area contributed by atoms with Gasteiger partial charge in [0.05, 0.1) is 0 Å². The number of rotatable bonds is 3. The first-order valence-corrected chi connectivity index (χ1v) is 3.61. The van der Waals surface area contributed by atoms with Crippen molar-refractivity contribution in [1.29, 1.82) is 0 Å². The van der Waals surface area contributed by atoms with E-state index in [2.05, 4.69) is 13.8 Å². The summed E-state index contributed by atoms with van der Waals surface area (Å²) in [7, 11) is 0. The standard InChI is InChI=1S/C8H17N/c1-4-7(3)6-8(9)5-2/h5,7H,4,6,9H2,1-3H3/t7-/m1/s1. The van der Waals surface area contributed by atoms with Gasteiger partial charge in [0.1, 0.15) is 0 Å². The maximum Gasteiger partial charge on any atom is 0.00398 e. The molecule has 0 aromatic carbocycles. The van der Waals surface area contributed by atoms with Gasteiger partial charge in [-0.25, -0.2) is 0 Å². The molecular weight excluding hydrogens is 110 g/mol. The summed E-state index contributed by atoms with van der Waals surface area (Å²) in [5.74, 6) is 0.737. The van der Waals surface area contributed by atoms with Crippen LogP contribution in [0.15, 0.2) is 11.8 Å². The van der Waals surface area contributed by atoms with Gasteiger partial charge < -0.3 is 5.73 Å². The predicted octanol–water partition coefficient (Wildman–Crippen LogP) is 2.29. The fourth-order valence-corrected chi connectivity index (χ4v) is 0.665. The van der Waals surface area contributed by atoms with Crippen molar-refractivity contribution < 1.29 is 0 Å². The summed E-state index contributed by atoms with van der Waals surface area (Å²) in [5.41, 5.74) is 6.63. The topological polar surface area (TPSA) is 26.0 Å². The maximum absolute atomic E-state index is 5.61. The summed E-state index contributed by atoms with van der Waals surface area (Å²) in [6.07, 6.45) is 4.24. The van der Waals surface area contributed by atoms with Crippen molar-refractivity contribution in [2.45, 2.75) is 33.6 Å². The van der Waals surface area contributed by atoms with Crippen molar-refractivity contribution in [1.82, 2.24) is 0 Å². The molecule has 0 heterocycles. The minimum absolute atomic E-state index is 0.737. The van der Waals surface area contributed by atoms with Crippen LogP contribution in [0.3, 0.4) is 0 Å². The van der Waals surface area contributed by atoms with E-state index in [0.717, 1.165) is 18.0 Å². The summed E-state index contributed by atoms with van der Waals surface area (Å²) in [6.45, 7) is 6.39. The first-order valence-electron chi connectivity index (χ1n) is 3.61. The Morgan fingerprint density at radius 2 is 2.22 bits per heavy atom. The smallest absolute Gasteiger partial charge is 0.00398 e. The molecule has 0 radical (unpaired) electrons. The van der Waals surface area contributed by atoms with Gasteiger partial charge in [0.2, 0.25) is 0 Å². The van der Waals surface area contributed by atoms with E-state index >= 15 is 0 Å². The largest absolute Gasteiger partial charge is 0.402 e. The zero-order valence-corrected chi connectivity index (χ0v) is 6.65. The lowest BCUT2D eigenvalue weighted by molar-refractivity contribution is 0.554. The molecule has 54 valence electrons. The fraction of sp³-hybridized carbons (Fsp3) is 0.750. The Morgan fingerprint density at radius 1 is 1.67 bits per heavy atom. The molecule has 0 fully saturated rings. The molecule has 1 atom stereocenters. The Morgan fingerprint density at radius 3 is 2.56 bits per heavy atom. The van der Waals surface area contributed by atoms with Crippen LogP contribution in [0.25, 0.3) is 0 Å². The molecule has 0 amide bonds. The molecule has 0 aliphatic rings. The van der Waals surface area contributed by atoms with Crippen LogP contribution in [0.4, 0.5) is 0 Å². The first kappa shape index (κ1) is 8.54. The maximum atomic E-state index is 5.61. The van der Waals surface area contributed by atoms with Crippen LogP contribution in [0, 0.1) is 5.92 Å². The van der Waals surface area contributed by atoms with E-state index in [-0.39, 0.29) is 0 Å². The average Bonchev–Trinajstić information content (AvgIpc) is 1.87. The Hall–Kier alpha value is -0.460. The molecule has 9 heavy (non-hydrogen) atoms. The molecule has 1 heteroatoms. The molecule has 1 nitrogen and oxygen atoms in total. The van der Waals surface area contributed by atoms with Gasteiger partial charge in [-0.05, 0) is 19.3 Å². The van der Waals surface area contributed by atoms with Crippen molar-refractivity contribution in [2.24, 2.45) is 11.7 Å². The third-order valence-corrected chi connectivity index (χ3v) is 1.65. The van der Waals surface area contributed by atoms with E-state index in [9.17, 15) is 0 Å². The van der Waals surface area contributed by atoms with Crippen molar-refractivity contribution in [2.75, 3.05) is 0 Å². The first-order chi connectivity index (χ1) is 4.20. The molecule has 0 aromatic heterocycles. The molecule has 0 aliphatic heterocycles. The second kappa shape index (κ2) is 4.42. The van der Waals surface area contributed by atoms with Crippen LogP contribution in [0.2, 0.25) is 0 Å². The molecule has 0 spiro atoms. The van der Waals surface area contributed by atoms with Crippen molar-refractivity contribution in [3.8, 4) is 0 Å². The summed E-state index contributed by atoms with van der Waals surface area (Å²) < 4.78 is 0. The van der Waals surface area contributed by atoms with E-state index in [1.165, 1.54) is 6.42 Å². The highest BCUT2D eigenvalue weighted by atomic mass is 14.6. The zero-order chi connectivity index (χ0) is 7.28. The van der Waals surface area contributed by atoms with E-state index in [1.54, 1.807) is 0 Å². The van der Waals surface area contributed by atoms with Gasteiger partial charge in [-0.2, -0.15) is 0 Å². The third-order valence-electron chi connectivity index (χ3n) is 1.65. The lowest BCUT2D eigenvalue weighted by Crippen LogP contribution is -2.02. The molecule has 0 saturated carbocycles. The van der Waals surface area contributed by atoms with Gasteiger partial charge in [-0.3, -0.25) is 0 Å². The van der Waals surface area contributed by atoms with Crippen molar-refractivity contribution in [3.05, 3.63) is 11.8 Å². The Labute approximate surface area is 57.9 Å². The summed E-state index contributed by atoms with van der Waals surface area (Å²) in [5, 5.41) is 0. The van der Waals surface area contributed by atoms with Crippen molar-refractivity contribution in [3.63, 3.8) is 0 Å². The quantitative estimate of drug-likeness (QED) is 0.618. The minimum Gasteiger partial charge on any atom is -0.402 e. The van der Waals surface area contributed by atoms with Crippen LogP contribution in [0.5, 0.6) is 0 Å². The highest BCUT2D eigenvalue weighted by Crippen LogP contribution is 2.09. The molecular formula is C8H17N. The highest BCUT2D eigenvalue weighted by Gasteiger charge is 1.97. The average molecular weight is 127 g/mol. The highest BCUT2D eigenvalue weighted by molar-refractivity contribution is 4.94. The van der Waals surface area contributed by atoms with E-state index in [4.69, 9.17) is 5.73 Å². The Bertz CT molecular complexity index is 94.7.